The van der Waals surface area contributed by atoms with E-state index >= 15 is 0 Å². The highest BCUT2D eigenvalue weighted by Gasteiger charge is 2.39. The molecular weight excluding hydrogens is 260 g/mol. The molecule has 20 heavy (non-hydrogen) atoms. The van der Waals surface area contributed by atoms with Gasteiger partial charge in [-0.25, -0.2) is 0 Å². The first-order valence-corrected chi connectivity index (χ1v) is 6.77. The summed E-state index contributed by atoms with van der Waals surface area (Å²) in [6.07, 6.45) is 0.569. The zero-order chi connectivity index (χ0) is 14.9. The van der Waals surface area contributed by atoms with Crippen molar-refractivity contribution < 1.29 is 14.8 Å². The van der Waals surface area contributed by atoms with Crippen LogP contribution in [0.2, 0.25) is 0 Å². The lowest BCUT2D eigenvalue weighted by molar-refractivity contribution is -0.386. The van der Waals surface area contributed by atoms with Crippen LogP contribution in [-0.2, 0) is 0 Å². The SMILES string of the molecule is CCC1(O)CN(c2ccc([N+](=O)[O-])c(OC(C)C)c2)C1. The first-order chi connectivity index (χ1) is 9.34. The summed E-state index contributed by atoms with van der Waals surface area (Å²) in [5.41, 5.74) is 0.166. The molecule has 0 bridgehead atoms. The molecule has 0 aromatic heterocycles. The molecule has 1 aliphatic heterocycles. The zero-order valence-electron chi connectivity index (χ0n) is 12.0. The fourth-order valence-corrected chi connectivity index (χ4v) is 2.27. The van der Waals surface area contributed by atoms with Crippen LogP contribution >= 0.6 is 0 Å². The van der Waals surface area contributed by atoms with Gasteiger partial charge in [-0.15, -0.1) is 0 Å². The number of nitro benzene ring substituents is 1. The Morgan fingerprint density at radius 1 is 1.50 bits per heavy atom. The molecule has 0 spiro atoms. The predicted octanol–water partition coefficient (Wildman–Crippen LogP) is 2.34. The minimum absolute atomic E-state index is 0.0336. The average Bonchev–Trinajstić information content (AvgIpc) is 2.33. The fourth-order valence-electron chi connectivity index (χ4n) is 2.27. The van der Waals surface area contributed by atoms with E-state index in [9.17, 15) is 15.2 Å². The number of benzene rings is 1. The summed E-state index contributed by atoms with van der Waals surface area (Å²) in [6.45, 7) is 6.69. The molecule has 2 rings (SSSR count). The molecule has 0 amide bonds. The second-order valence-corrected chi connectivity index (χ2v) is 5.51. The van der Waals surface area contributed by atoms with Crippen molar-refractivity contribution >= 4 is 11.4 Å². The van der Waals surface area contributed by atoms with Crippen LogP contribution in [0.5, 0.6) is 5.75 Å². The van der Waals surface area contributed by atoms with Crippen molar-refractivity contribution in [3.8, 4) is 5.75 Å². The molecule has 1 heterocycles. The maximum absolute atomic E-state index is 11.0. The summed E-state index contributed by atoms with van der Waals surface area (Å²) in [7, 11) is 0. The maximum Gasteiger partial charge on any atom is 0.311 e. The van der Waals surface area contributed by atoms with Crippen LogP contribution in [0.25, 0.3) is 0 Å². The quantitative estimate of drug-likeness (QED) is 0.662. The number of hydrogen-bond acceptors (Lipinski definition) is 5. The second-order valence-electron chi connectivity index (χ2n) is 5.51. The Morgan fingerprint density at radius 2 is 2.15 bits per heavy atom. The largest absolute Gasteiger partial charge is 0.484 e. The summed E-state index contributed by atoms with van der Waals surface area (Å²) in [5.74, 6) is 0.273. The van der Waals surface area contributed by atoms with E-state index in [1.54, 1.807) is 12.1 Å². The van der Waals surface area contributed by atoms with Crippen LogP contribution < -0.4 is 9.64 Å². The van der Waals surface area contributed by atoms with Crippen LogP contribution in [-0.4, -0.2) is 34.8 Å². The Bertz CT molecular complexity index is 510. The van der Waals surface area contributed by atoms with Gasteiger partial charge < -0.3 is 14.7 Å². The number of ether oxygens (including phenoxy) is 1. The van der Waals surface area contributed by atoms with Crippen molar-refractivity contribution in [3.63, 3.8) is 0 Å². The number of aliphatic hydroxyl groups is 1. The molecule has 0 unspecified atom stereocenters. The van der Waals surface area contributed by atoms with E-state index in [4.69, 9.17) is 4.74 Å². The summed E-state index contributed by atoms with van der Waals surface area (Å²) >= 11 is 0. The smallest absolute Gasteiger partial charge is 0.311 e. The number of rotatable bonds is 5. The van der Waals surface area contributed by atoms with Gasteiger partial charge in [0.15, 0.2) is 5.75 Å². The van der Waals surface area contributed by atoms with Crippen molar-refractivity contribution in [2.24, 2.45) is 0 Å². The molecule has 6 heteroatoms. The molecule has 6 nitrogen and oxygen atoms in total. The van der Waals surface area contributed by atoms with E-state index in [0.29, 0.717) is 19.5 Å². The monoisotopic (exact) mass is 280 g/mol. The summed E-state index contributed by atoms with van der Waals surface area (Å²) < 4.78 is 5.51. The maximum atomic E-state index is 11.0. The third-order valence-corrected chi connectivity index (χ3v) is 3.50. The van der Waals surface area contributed by atoms with Crippen LogP contribution in [0.1, 0.15) is 27.2 Å². The highest BCUT2D eigenvalue weighted by molar-refractivity contribution is 5.61. The van der Waals surface area contributed by atoms with Crippen LogP contribution in [0.3, 0.4) is 0 Å². The van der Waals surface area contributed by atoms with E-state index in [1.165, 1.54) is 6.07 Å². The van der Waals surface area contributed by atoms with Gasteiger partial charge in [0.1, 0.15) is 0 Å². The van der Waals surface area contributed by atoms with Gasteiger partial charge in [-0.3, -0.25) is 10.1 Å². The Kier molecular flexibility index (Phi) is 3.85. The molecule has 1 aromatic carbocycles. The Morgan fingerprint density at radius 3 is 2.65 bits per heavy atom. The summed E-state index contributed by atoms with van der Waals surface area (Å²) in [6, 6.07) is 4.82. The van der Waals surface area contributed by atoms with Gasteiger partial charge in [0.05, 0.1) is 16.6 Å². The minimum Gasteiger partial charge on any atom is -0.484 e. The number of nitro groups is 1. The van der Waals surface area contributed by atoms with Crippen molar-refractivity contribution in [1.82, 2.24) is 0 Å². The lowest BCUT2D eigenvalue weighted by Crippen LogP contribution is -2.61. The molecule has 0 aliphatic carbocycles. The summed E-state index contributed by atoms with van der Waals surface area (Å²) in [4.78, 5) is 12.5. The van der Waals surface area contributed by atoms with Crippen molar-refractivity contribution in [2.45, 2.75) is 38.9 Å². The van der Waals surface area contributed by atoms with Gasteiger partial charge in [0.25, 0.3) is 0 Å². The molecule has 1 aliphatic rings. The van der Waals surface area contributed by atoms with E-state index in [1.807, 2.05) is 25.7 Å². The highest BCUT2D eigenvalue weighted by atomic mass is 16.6. The number of nitrogens with zero attached hydrogens (tertiary/aromatic N) is 2. The van der Waals surface area contributed by atoms with E-state index in [0.717, 1.165) is 5.69 Å². The van der Waals surface area contributed by atoms with Crippen molar-refractivity contribution in [2.75, 3.05) is 18.0 Å². The second kappa shape index (κ2) is 5.28. The Hall–Kier alpha value is -1.82. The molecule has 1 N–H and O–H groups in total. The molecular formula is C14H20N2O4. The van der Waals surface area contributed by atoms with Gasteiger partial charge in [-0.2, -0.15) is 0 Å². The minimum atomic E-state index is -0.638. The van der Waals surface area contributed by atoms with Crippen LogP contribution in [0.4, 0.5) is 11.4 Å². The molecule has 1 fully saturated rings. The van der Waals surface area contributed by atoms with Crippen LogP contribution in [0.15, 0.2) is 18.2 Å². The fraction of sp³-hybridized carbons (Fsp3) is 0.571. The average molecular weight is 280 g/mol. The number of β-amino-alcohol motifs (C(OH)–C–C–N with tert-alkyl or cyclic N) is 1. The number of anilines is 1. The number of hydrogen-bond donors (Lipinski definition) is 1. The van der Waals surface area contributed by atoms with Crippen LogP contribution in [0, 0.1) is 10.1 Å². The van der Waals surface area contributed by atoms with Gasteiger partial charge in [-0.1, -0.05) is 6.92 Å². The van der Waals surface area contributed by atoms with Gasteiger partial charge >= 0.3 is 5.69 Å². The predicted molar refractivity (Wildman–Crippen MR) is 76.3 cm³/mol. The molecule has 1 aromatic rings. The third kappa shape index (κ3) is 2.85. The first kappa shape index (κ1) is 14.6. The van der Waals surface area contributed by atoms with E-state index in [-0.39, 0.29) is 17.5 Å². The third-order valence-electron chi connectivity index (χ3n) is 3.50. The molecule has 1 saturated heterocycles. The Labute approximate surface area is 118 Å². The normalized spacial score (nSPS) is 16.9. The van der Waals surface area contributed by atoms with Crippen molar-refractivity contribution in [1.29, 1.82) is 0 Å². The standard InChI is InChI=1S/C14H20N2O4/c1-4-14(17)8-15(9-14)11-5-6-12(16(18)19)13(7-11)20-10(2)3/h5-7,10,17H,4,8-9H2,1-3H3. The lowest BCUT2D eigenvalue weighted by Gasteiger charge is -2.47. The van der Waals surface area contributed by atoms with Crippen molar-refractivity contribution in [3.05, 3.63) is 28.3 Å². The zero-order valence-corrected chi connectivity index (χ0v) is 12.0. The van der Waals surface area contributed by atoms with E-state index in [2.05, 4.69) is 0 Å². The van der Waals surface area contributed by atoms with Gasteiger partial charge in [-0.05, 0) is 26.3 Å². The highest BCUT2D eigenvalue weighted by Crippen LogP contribution is 2.36. The Balaban J connectivity index is 2.22. The molecule has 0 radical (unpaired) electrons. The summed E-state index contributed by atoms with van der Waals surface area (Å²) in [5, 5.41) is 21.0. The topological polar surface area (TPSA) is 75.8 Å². The first-order valence-electron chi connectivity index (χ1n) is 6.77. The van der Waals surface area contributed by atoms with Gasteiger partial charge in [0, 0.05) is 30.9 Å². The van der Waals surface area contributed by atoms with Gasteiger partial charge in [0.2, 0.25) is 0 Å². The molecule has 0 atom stereocenters. The molecule has 0 saturated carbocycles. The lowest BCUT2D eigenvalue weighted by atomic mass is 9.91. The molecule has 110 valence electrons. The van der Waals surface area contributed by atoms with E-state index < -0.39 is 10.5 Å².